The zero-order chi connectivity index (χ0) is 10.6. The quantitative estimate of drug-likeness (QED) is 0.386. The highest BCUT2D eigenvalue weighted by Gasteiger charge is 1.92. The van der Waals surface area contributed by atoms with E-state index in [4.69, 9.17) is 6.42 Å². The van der Waals surface area contributed by atoms with Gasteiger partial charge >= 0.3 is 0 Å². The second-order valence-corrected chi connectivity index (χ2v) is 3.83. The van der Waals surface area contributed by atoms with E-state index in [1.807, 2.05) is 0 Å². The molecular weight excluding hydrogens is 168 g/mol. The molecule has 0 heteroatoms. The van der Waals surface area contributed by atoms with Crippen LogP contribution in [0.5, 0.6) is 0 Å². The minimum atomic E-state index is 1.11. The summed E-state index contributed by atoms with van der Waals surface area (Å²) in [5.74, 6) is 2.80. The summed E-state index contributed by atoms with van der Waals surface area (Å²) in [5, 5.41) is 0. The van der Waals surface area contributed by atoms with E-state index in [1.54, 1.807) is 0 Å². The molecule has 0 aromatic heterocycles. The number of rotatable bonds is 8. The van der Waals surface area contributed by atoms with Gasteiger partial charge in [-0.25, -0.2) is 0 Å². The topological polar surface area (TPSA) is 0 Å². The lowest BCUT2D eigenvalue weighted by atomic mass is 10.1. The van der Waals surface area contributed by atoms with E-state index in [2.05, 4.69) is 25.8 Å². The van der Waals surface area contributed by atoms with E-state index < -0.39 is 0 Å². The molecule has 0 amide bonds. The van der Waals surface area contributed by atoms with Crippen LogP contribution in [0.15, 0.2) is 11.6 Å². The second-order valence-electron chi connectivity index (χ2n) is 3.83. The highest BCUT2D eigenvalue weighted by molar-refractivity contribution is 5.24. The minimum absolute atomic E-state index is 1.11. The van der Waals surface area contributed by atoms with Crippen molar-refractivity contribution in [3.8, 4) is 12.3 Å². The smallest absolute Gasteiger partial charge is 0.00223 e. The Morgan fingerprint density at radius 1 is 1.07 bits per heavy atom. The van der Waals surface area contributed by atoms with Gasteiger partial charge in [0, 0.05) is 0 Å². The lowest BCUT2D eigenvalue weighted by Crippen LogP contribution is -1.82. The predicted molar refractivity (Wildman–Crippen MR) is 65.2 cm³/mol. The van der Waals surface area contributed by atoms with E-state index in [0.717, 1.165) is 6.42 Å². The molecule has 0 aromatic carbocycles. The van der Waals surface area contributed by atoms with Crippen LogP contribution in [0.25, 0.3) is 0 Å². The molecule has 0 rings (SSSR count). The Balaban J connectivity index is 3.60. The summed E-state index contributed by atoms with van der Waals surface area (Å²) in [5.41, 5.74) is 1.22. The Morgan fingerprint density at radius 3 is 2.29 bits per heavy atom. The lowest BCUT2D eigenvalue weighted by Gasteiger charge is -1.99. The van der Waals surface area contributed by atoms with Gasteiger partial charge in [0.25, 0.3) is 0 Å². The van der Waals surface area contributed by atoms with Crippen LogP contribution in [-0.4, -0.2) is 0 Å². The van der Waals surface area contributed by atoms with Gasteiger partial charge < -0.3 is 0 Å². The van der Waals surface area contributed by atoms with Crippen LogP contribution in [0.3, 0.4) is 0 Å². The second kappa shape index (κ2) is 10.4. The Bertz CT molecular complexity index is 181. The Morgan fingerprint density at radius 2 is 1.71 bits per heavy atom. The molecule has 80 valence electrons. The molecular formula is C14H24. The van der Waals surface area contributed by atoms with E-state index in [1.165, 1.54) is 50.5 Å². The molecule has 0 aromatic rings. The molecule has 0 aliphatic heterocycles. The third-order valence-electron chi connectivity index (χ3n) is 2.43. The first-order valence-corrected chi connectivity index (χ1v) is 6.00. The van der Waals surface area contributed by atoms with Crippen molar-refractivity contribution in [2.45, 2.75) is 65.2 Å². The summed E-state index contributed by atoms with van der Waals surface area (Å²) >= 11 is 0. The van der Waals surface area contributed by atoms with Crippen LogP contribution in [0.2, 0.25) is 0 Å². The summed E-state index contributed by atoms with van der Waals surface area (Å²) in [6.07, 6.45) is 17.7. The summed E-state index contributed by atoms with van der Waals surface area (Å²) < 4.78 is 0. The van der Waals surface area contributed by atoms with E-state index in [0.29, 0.717) is 0 Å². The van der Waals surface area contributed by atoms with Crippen LogP contribution in [-0.2, 0) is 0 Å². The van der Waals surface area contributed by atoms with Crippen molar-refractivity contribution in [1.82, 2.24) is 0 Å². The number of allylic oxidation sites excluding steroid dienone is 2. The maximum Gasteiger partial charge on any atom is -0.00223 e. The van der Waals surface area contributed by atoms with Gasteiger partial charge in [0.1, 0.15) is 0 Å². The normalized spacial score (nSPS) is 11.4. The first-order valence-electron chi connectivity index (χ1n) is 6.00. The molecule has 0 spiro atoms. The largest absolute Gasteiger partial charge is 0.115 e. The molecule has 0 aliphatic carbocycles. The molecule has 0 heterocycles. The predicted octanol–water partition coefficient (Wildman–Crippen LogP) is 4.71. The third kappa shape index (κ3) is 7.92. The van der Waals surface area contributed by atoms with Crippen LogP contribution < -0.4 is 0 Å². The van der Waals surface area contributed by atoms with Crippen molar-refractivity contribution in [2.24, 2.45) is 0 Å². The van der Waals surface area contributed by atoms with Gasteiger partial charge in [-0.05, 0) is 31.3 Å². The zero-order valence-corrected chi connectivity index (χ0v) is 9.81. The fourth-order valence-electron chi connectivity index (χ4n) is 1.47. The Kier molecular flexibility index (Phi) is 9.86. The number of terminal acetylenes is 1. The van der Waals surface area contributed by atoms with Crippen molar-refractivity contribution in [3.05, 3.63) is 11.6 Å². The van der Waals surface area contributed by atoms with Gasteiger partial charge in [0.15, 0.2) is 0 Å². The Hall–Kier alpha value is -0.700. The van der Waals surface area contributed by atoms with Crippen LogP contribution in [0, 0.1) is 12.3 Å². The molecule has 0 nitrogen and oxygen atoms in total. The van der Waals surface area contributed by atoms with Gasteiger partial charge in [-0.15, -0.1) is 6.42 Å². The molecule has 0 N–H and O–H groups in total. The molecule has 0 atom stereocenters. The molecule has 0 unspecified atom stereocenters. The molecule has 0 aliphatic rings. The standard InChI is InChI=1S/C14H24/c1-4-7-9-11-13-14(6-3)12-10-8-5-2/h3,13H,4-5,7-12H2,1-2H3/b14-13+. The molecule has 0 saturated carbocycles. The summed E-state index contributed by atoms with van der Waals surface area (Å²) in [4.78, 5) is 0. The van der Waals surface area contributed by atoms with Crippen molar-refractivity contribution in [3.63, 3.8) is 0 Å². The maximum atomic E-state index is 5.45. The highest BCUT2D eigenvalue weighted by atomic mass is 14.0. The first-order chi connectivity index (χ1) is 6.85. The fraction of sp³-hybridized carbons (Fsp3) is 0.714. The molecule has 0 bridgehead atoms. The SMILES string of the molecule is C#C/C(=C\CCCCC)CCCCC. The van der Waals surface area contributed by atoms with Crippen LogP contribution in [0.1, 0.15) is 65.2 Å². The summed E-state index contributed by atoms with van der Waals surface area (Å²) in [6, 6.07) is 0. The van der Waals surface area contributed by atoms with E-state index >= 15 is 0 Å². The van der Waals surface area contributed by atoms with Crippen molar-refractivity contribution < 1.29 is 0 Å². The summed E-state index contributed by atoms with van der Waals surface area (Å²) in [7, 11) is 0. The van der Waals surface area contributed by atoms with Gasteiger partial charge in [-0.1, -0.05) is 51.5 Å². The van der Waals surface area contributed by atoms with E-state index in [-0.39, 0.29) is 0 Å². The van der Waals surface area contributed by atoms with Crippen molar-refractivity contribution in [2.75, 3.05) is 0 Å². The van der Waals surface area contributed by atoms with Gasteiger partial charge in [-0.3, -0.25) is 0 Å². The van der Waals surface area contributed by atoms with Crippen LogP contribution >= 0.6 is 0 Å². The number of hydrogen-bond donors (Lipinski definition) is 0. The number of unbranched alkanes of at least 4 members (excludes halogenated alkanes) is 5. The first kappa shape index (κ1) is 13.3. The molecule has 0 saturated heterocycles. The van der Waals surface area contributed by atoms with Gasteiger partial charge in [0.2, 0.25) is 0 Å². The average Bonchev–Trinajstić information content (AvgIpc) is 2.22. The average molecular weight is 192 g/mol. The minimum Gasteiger partial charge on any atom is -0.115 e. The van der Waals surface area contributed by atoms with Crippen LogP contribution in [0.4, 0.5) is 0 Å². The molecule has 0 fully saturated rings. The monoisotopic (exact) mass is 192 g/mol. The zero-order valence-electron chi connectivity index (χ0n) is 9.81. The maximum absolute atomic E-state index is 5.45. The van der Waals surface area contributed by atoms with Crippen molar-refractivity contribution >= 4 is 0 Å². The third-order valence-corrected chi connectivity index (χ3v) is 2.43. The lowest BCUT2D eigenvalue weighted by molar-refractivity contribution is 0.708. The Labute approximate surface area is 89.8 Å². The van der Waals surface area contributed by atoms with Gasteiger partial charge in [0.05, 0.1) is 0 Å². The molecule has 14 heavy (non-hydrogen) atoms. The number of hydrogen-bond acceptors (Lipinski definition) is 0. The van der Waals surface area contributed by atoms with E-state index in [9.17, 15) is 0 Å². The fourth-order valence-corrected chi connectivity index (χ4v) is 1.47. The molecule has 0 radical (unpaired) electrons. The van der Waals surface area contributed by atoms with Crippen molar-refractivity contribution in [1.29, 1.82) is 0 Å². The van der Waals surface area contributed by atoms with Gasteiger partial charge in [-0.2, -0.15) is 0 Å². The highest BCUT2D eigenvalue weighted by Crippen LogP contribution is 2.10. The summed E-state index contributed by atoms with van der Waals surface area (Å²) in [6.45, 7) is 4.45.